The van der Waals surface area contributed by atoms with Gasteiger partial charge in [-0.15, -0.1) is 0 Å². The summed E-state index contributed by atoms with van der Waals surface area (Å²) in [6.07, 6.45) is 1.80. The fourth-order valence-corrected chi connectivity index (χ4v) is 4.02. The Morgan fingerprint density at radius 1 is 1.00 bits per heavy atom. The number of pyridine rings is 1. The third-order valence-electron chi connectivity index (χ3n) is 5.37. The minimum absolute atomic E-state index is 0.0411. The molecule has 1 aromatic heterocycles. The molecule has 8 heteroatoms. The van der Waals surface area contributed by atoms with E-state index in [4.69, 9.17) is 16.3 Å². The molecular formula is C21H26ClN5O2. The number of urea groups is 1. The van der Waals surface area contributed by atoms with Gasteiger partial charge in [-0.3, -0.25) is 0 Å². The van der Waals surface area contributed by atoms with Crippen molar-refractivity contribution in [3.63, 3.8) is 0 Å². The van der Waals surface area contributed by atoms with Gasteiger partial charge in [0.2, 0.25) is 0 Å². The summed E-state index contributed by atoms with van der Waals surface area (Å²) in [7, 11) is 0. The number of hydrogen-bond donors (Lipinski definition) is 1. The van der Waals surface area contributed by atoms with Crippen molar-refractivity contribution in [2.75, 3.05) is 62.3 Å². The van der Waals surface area contributed by atoms with Gasteiger partial charge >= 0.3 is 6.03 Å². The second-order valence-corrected chi connectivity index (χ2v) is 7.58. The molecule has 0 spiro atoms. The average molecular weight is 416 g/mol. The number of ether oxygens (including phenoxy) is 1. The van der Waals surface area contributed by atoms with Gasteiger partial charge in [0, 0.05) is 57.6 Å². The minimum atomic E-state index is -0.0411. The molecule has 2 aliphatic heterocycles. The fourth-order valence-electron chi connectivity index (χ4n) is 3.77. The monoisotopic (exact) mass is 415 g/mol. The third kappa shape index (κ3) is 4.74. The first-order valence-electron chi connectivity index (χ1n) is 10.0. The maximum absolute atomic E-state index is 12.7. The van der Waals surface area contributed by atoms with Crippen LogP contribution in [-0.4, -0.2) is 68.4 Å². The molecule has 2 saturated heterocycles. The van der Waals surface area contributed by atoms with E-state index in [-0.39, 0.29) is 6.03 Å². The topological polar surface area (TPSA) is 60.9 Å². The molecule has 2 aliphatic rings. The number of amides is 2. The summed E-state index contributed by atoms with van der Waals surface area (Å²) in [6, 6.07) is 11.7. The predicted molar refractivity (Wildman–Crippen MR) is 115 cm³/mol. The Hall–Kier alpha value is -2.51. The highest BCUT2D eigenvalue weighted by Crippen LogP contribution is 2.26. The number of nitrogens with one attached hydrogen (secondary N) is 1. The summed E-state index contributed by atoms with van der Waals surface area (Å²) in [5.74, 6) is 0.930. The van der Waals surface area contributed by atoms with Crippen LogP contribution < -0.4 is 15.1 Å². The molecule has 29 heavy (non-hydrogen) atoms. The lowest BCUT2D eigenvalue weighted by molar-refractivity contribution is 0.122. The number of para-hydroxylation sites is 1. The van der Waals surface area contributed by atoms with Crippen LogP contribution in [0.2, 0.25) is 5.02 Å². The average Bonchev–Trinajstić information content (AvgIpc) is 2.79. The maximum atomic E-state index is 12.7. The van der Waals surface area contributed by atoms with E-state index < -0.39 is 0 Å². The van der Waals surface area contributed by atoms with Crippen LogP contribution in [0.4, 0.5) is 16.3 Å². The normalized spacial score (nSPS) is 17.3. The number of rotatable bonds is 4. The number of aromatic nitrogens is 1. The van der Waals surface area contributed by atoms with E-state index in [0.29, 0.717) is 32.8 Å². The number of morpholine rings is 1. The summed E-state index contributed by atoms with van der Waals surface area (Å²) in [6.45, 7) is 6.39. The molecule has 1 N–H and O–H groups in total. The number of nitrogens with zero attached hydrogens (tertiary/aromatic N) is 4. The van der Waals surface area contributed by atoms with E-state index in [2.05, 4.69) is 20.1 Å². The quantitative estimate of drug-likeness (QED) is 0.831. The molecule has 154 valence electrons. The van der Waals surface area contributed by atoms with Crippen LogP contribution in [0.5, 0.6) is 0 Å². The summed E-state index contributed by atoms with van der Waals surface area (Å²) in [5.41, 5.74) is 2.05. The highest BCUT2D eigenvalue weighted by atomic mass is 35.5. The fraction of sp³-hybridized carbons (Fsp3) is 0.429. The summed E-state index contributed by atoms with van der Waals surface area (Å²) in [4.78, 5) is 23.5. The van der Waals surface area contributed by atoms with Crippen LogP contribution in [0.1, 0.15) is 5.56 Å². The van der Waals surface area contributed by atoms with Crippen LogP contribution in [0.15, 0.2) is 42.6 Å². The molecule has 0 bridgehead atoms. The second kappa shape index (κ2) is 9.33. The number of carbonyl (C=O) groups excluding carboxylic acids is 1. The lowest BCUT2D eigenvalue weighted by Crippen LogP contribution is -2.51. The zero-order chi connectivity index (χ0) is 20.1. The van der Waals surface area contributed by atoms with Crippen molar-refractivity contribution in [3.05, 3.63) is 53.2 Å². The first kappa shape index (κ1) is 19.8. The highest BCUT2D eigenvalue weighted by molar-refractivity contribution is 6.33. The minimum Gasteiger partial charge on any atom is -0.378 e. The van der Waals surface area contributed by atoms with E-state index in [1.165, 1.54) is 0 Å². The Kier molecular flexibility index (Phi) is 6.36. The number of hydrogen-bond acceptors (Lipinski definition) is 5. The summed E-state index contributed by atoms with van der Waals surface area (Å²) < 4.78 is 5.43. The molecule has 7 nitrogen and oxygen atoms in total. The van der Waals surface area contributed by atoms with Crippen molar-refractivity contribution >= 4 is 29.1 Å². The maximum Gasteiger partial charge on any atom is 0.317 e. The Morgan fingerprint density at radius 3 is 2.52 bits per heavy atom. The number of benzene rings is 1. The van der Waals surface area contributed by atoms with Crippen LogP contribution in [0.25, 0.3) is 0 Å². The molecule has 0 aliphatic carbocycles. The van der Waals surface area contributed by atoms with Gasteiger partial charge in [-0.05, 0) is 18.2 Å². The van der Waals surface area contributed by atoms with Gasteiger partial charge in [0.25, 0.3) is 0 Å². The Balaban J connectivity index is 1.31. The molecule has 2 fully saturated rings. The summed E-state index contributed by atoms with van der Waals surface area (Å²) in [5, 5.41) is 3.81. The van der Waals surface area contributed by atoms with Gasteiger partial charge < -0.3 is 24.8 Å². The van der Waals surface area contributed by atoms with Gasteiger partial charge in [0.1, 0.15) is 5.82 Å². The SMILES string of the molecule is O=C(NCc1cccnc1N1CCOCC1)N1CCN(c2ccccc2Cl)CC1. The van der Waals surface area contributed by atoms with Crippen LogP contribution in [0.3, 0.4) is 0 Å². The Labute approximate surface area is 176 Å². The number of anilines is 2. The van der Waals surface area contributed by atoms with E-state index >= 15 is 0 Å². The smallest absolute Gasteiger partial charge is 0.317 e. The van der Waals surface area contributed by atoms with E-state index in [9.17, 15) is 4.79 Å². The van der Waals surface area contributed by atoms with Crippen LogP contribution >= 0.6 is 11.6 Å². The molecule has 1 aromatic carbocycles. The van der Waals surface area contributed by atoms with Crippen molar-refractivity contribution < 1.29 is 9.53 Å². The Morgan fingerprint density at radius 2 is 1.76 bits per heavy atom. The highest BCUT2D eigenvalue weighted by Gasteiger charge is 2.23. The molecule has 0 unspecified atom stereocenters. The third-order valence-corrected chi connectivity index (χ3v) is 5.69. The number of halogens is 1. The molecule has 2 amide bonds. The molecule has 3 heterocycles. The van der Waals surface area contributed by atoms with Gasteiger partial charge in [-0.1, -0.05) is 29.8 Å². The van der Waals surface area contributed by atoms with Gasteiger partial charge in [0.05, 0.1) is 23.9 Å². The zero-order valence-corrected chi connectivity index (χ0v) is 17.1. The van der Waals surface area contributed by atoms with Crippen LogP contribution in [-0.2, 0) is 11.3 Å². The van der Waals surface area contributed by atoms with E-state index in [1.807, 2.05) is 41.3 Å². The van der Waals surface area contributed by atoms with Gasteiger partial charge in [-0.25, -0.2) is 9.78 Å². The van der Waals surface area contributed by atoms with Crippen molar-refractivity contribution in [1.29, 1.82) is 0 Å². The van der Waals surface area contributed by atoms with Crippen molar-refractivity contribution in [2.45, 2.75) is 6.54 Å². The lowest BCUT2D eigenvalue weighted by atomic mass is 10.2. The van der Waals surface area contributed by atoms with Gasteiger partial charge in [-0.2, -0.15) is 0 Å². The molecule has 2 aromatic rings. The molecule has 0 saturated carbocycles. The van der Waals surface area contributed by atoms with Crippen molar-refractivity contribution in [3.8, 4) is 0 Å². The second-order valence-electron chi connectivity index (χ2n) is 7.17. The van der Waals surface area contributed by atoms with Crippen molar-refractivity contribution in [2.24, 2.45) is 0 Å². The molecule has 0 radical (unpaired) electrons. The van der Waals surface area contributed by atoms with Crippen molar-refractivity contribution in [1.82, 2.24) is 15.2 Å². The Bertz CT molecular complexity index is 835. The number of piperazine rings is 1. The van der Waals surface area contributed by atoms with E-state index in [1.54, 1.807) is 6.20 Å². The first-order valence-corrected chi connectivity index (χ1v) is 10.4. The zero-order valence-electron chi connectivity index (χ0n) is 16.4. The molecule has 0 atom stereocenters. The molecule has 4 rings (SSSR count). The largest absolute Gasteiger partial charge is 0.378 e. The first-order chi connectivity index (χ1) is 14.2. The van der Waals surface area contributed by atoms with Crippen LogP contribution in [0, 0.1) is 0 Å². The molecular weight excluding hydrogens is 390 g/mol. The lowest BCUT2D eigenvalue weighted by Gasteiger charge is -2.36. The van der Waals surface area contributed by atoms with Gasteiger partial charge in [0.15, 0.2) is 0 Å². The predicted octanol–water partition coefficient (Wildman–Crippen LogP) is 2.60. The standard InChI is InChI=1S/C21H26ClN5O2/c22-18-5-1-2-6-19(18)25-8-10-27(11-9-25)21(28)24-16-17-4-3-7-23-20(17)26-12-14-29-15-13-26/h1-7H,8-16H2,(H,24,28). The summed E-state index contributed by atoms with van der Waals surface area (Å²) >= 11 is 6.30. The number of carbonyl (C=O) groups is 1. The van der Waals surface area contributed by atoms with E-state index in [0.717, 1.165) is 48.3 Å².